The zero-order valence-electron chi connectivity index (χ0n) is 8.78. The topological polar surface area (TPSA) is 20.2 Å². The van der Waals surface area contributed by atoms with Crippen molar-refractivity contribution in [2.45, 2.75) is 33.3 Å². The molecule has 0 saturated carbocycles. The average Bonchev–Trinajstić information content (AvgIpc) is 1.98. The Morgan fingerprint density at radius 1 is 1.36 bits per heavy atom. The molecule has 0 bridgehead atoms. The zero-order valence-corrected chi connectivity index (χ0v) is 9.54. The van der Waals surface area contributed by atoms with Crippen molar-refractivity contribution < 1.29 is 9.50 Å². The zero-order chi connectivity index (χ0) is 11.1. The minimum absolute atomic E-state index is 0.0604. The third-order valence-corrected chi connectivity index (χ3v) is 2.63. The molecule has 0 aliphatic carbocycles. The second-order valence-electron chi connectivity index (χ2n) is 4.05. The highest BCUT2D eigenvalue weighted by Gasteiger charge is 2.25. The van der Waals surface area contributed by atoms with Crippen LogP contribution in [0.5, 0.6) is 0 Å². The molecule has 0 heterocycles. The van der Waals surface area contributed by atoms with Gasteiger partial charge in [0.25, 0.3) is 0 Å². The molecule has 1 nitrogen and oxygen atoms in total. The molecule has 0 fully saturated rings. The van der Waals surface area contributed by atoms with Crippen LogP contribution in [0, 0.1) is 19.7 Å². The Bertz CT molecular complexity index is 340. The lowest BCUT2D eigenvalue weighted by Crippen LogP contribution is -2.20. The minimum atomic E-state index is -1.20. The third kappa shape index (κ3) is 1.91. The van der Waals surface area contributed by atoms with E-state index in [0.29, 0.717) is 0 Å². The van der Waals surface area contributed by atoms with Crippen LogP contribution in [0.15, 0.2) is 6.07 Å². The van der Waals surface area contributed by atoms with Crippen molar-refractivity contribution in [2.24, 2.45) is 0 Å². The molecule has 0 aliphatic rings. The van der Waals surface area contributed by atoms with Gasteiger partial charge in [-0.3, -0.25) is 0 Å². The monoisotopic (exact) mass is 216 g/mol. The maximum absolute atomic E-state index is 13.6. The first-order chi connectivity index (χ1) is 6.25. The van der Waals surface area contributed by atoms with E-state index in [2.05, 4.69) is 0 Å². The first-order valence-corrected chi connectivity index (χ1v) is 4.81. The molecule has 0 radical (unpaired) electrons. The Kier molecular flexibility index (Phi) is 2.88. The van der Waals surface area contributed by atoms with Crippen molar-refractivity contribution in [3.8, 4) is 0 Å². The molecule has 0 aliphatic heterocycles. The maximum Gasteiger partial charge on any atom is 0.148 e. The SMILES string of the molecule is Cc1cc(Cl)c(F)c(C(C)(C)O)c1C. The lowest BCUT2D eigenvalue weighted by Gasteiger charge is -2.22. The van der Waals surface area contributed by atoms with Crippen LogP contribution in [0.4, 0.5) is 4.39 Å². The van der Waals surface area contributed by atoms with E-state index >= 15 is 0 Å². The molecule has 1 aromatic rings. The largest absolute Gasteiger partial charge is 0.386 e. The van der Waals surface area contributed by atoms with Gasteiger partial charge in [-0.05, 0) is 44.9 Å². The van der Waals surface area contributed by atoms with E-state index in [1.165, 1.54) is 0 Å². The summed E-state index contributed by atoms with van der Waals surface area (Å²) in [4.78, 5) is 0. The van der Waals surface area contributed by atoms with Gasteiger partial charge in [-0.25, -0.2) is 4.39 Å². The molecular weight excluding hydrogens is 203 g/mol. The van der Waals surface area contributed by atoms with Crippen LogP contribution in [-0.2, 0) is 5.60 Å². The van der Waals surface area contributed by atoms with E-state index in [-0.39, 0.29) is 10.6 Å². The number of hydrogen-bond donors (Lipinski definition) is 1. The summed E-state index contributed by atoms with van der Waals surface area (Å²) in [5.74, 6) is -0.526. The highest BCUT2D eigenvalue weighted by atomic mass is 35.5. The van der Waals surface area contributed by atoms with Crippen molar-refractivity contribution in [1.82, 2.24) is 0 Å². The predicted octanol–water partition coefficient (Wildman–Crippen LogP) is 3.32. The smallest absolute Gasteiger partial charge is 0.148 e. The first kappa shape index (κ1) is 11.5. The molecular formula is C11H14ClFO. The van der Waals surface area contributed by atoms with Gasteiger partial charge in [0, 0.05) is 5.56 Å². The summed E-state index contributed by atoms with van der Waals surface area (Å²) < 4.78 is 13.6. The Labute approximate surface area is 88.5 Å². The van der Waals surface area contributed by atoms with Crippen LogP contribution in [0.25, 0.3) is 0 Å². The third-order valence-electron chi connectivity index (χ3n) is 2.35. The van der Waals surface area contributed by atoms with Crippen molar-refractivity contribution >= 4 is 11.6 Å². The summed E-state index contributed by atoms with van der Waals surface area (Å²) in [6.45, 7) is 6.72. The van der Waals surface area contributed by atoms with Crippen LogP contribution < -0.4 is 0 Å². The van der Waals surface area contributed by atoms with E-state index in [9.17, 15) is 9.50 Å². The summed E-state index contributed by atoms with van der Waals surface area (Å²) in [6.07, 6.45) is 0. The van der Waals surface area contributed by atoms with Crippen molar-refractivity contribution in [2.75, 3.05) is 0 Å². The molecule has 78 valence electrons. The van der Waals surface area contributed by atoms with E-state index in [0.717, 1.165) is 11.1 Å². The molecule has 14 heavy (non-hydrogen) atoms. The number of aryl methyl sites for hydroxylation is 1. The Morgan fingerprint density at radius 2 is 1.86 bits per heavy atom. The Balaban J connectivity index is 3.56. The fraction of sp³-hybridized carbons (Fsp3) is 0.455. The molecule has 0 spiro atoms. The normalized spacial score (nSPS) is 11.9. The highest BCUT2D eigenvalue weighted by molar-refractivity contribution is 6.30. The average molecular weight is 217 g/mol. The molecule has 1 N–H and O–H groups in total. The molecule has 0 unspecified atom stereocenters. The standard InChI is InChI=1S/C11H14ClFO/c1-6-5-8(12)10(13)9(7(6)2)11(3,4)14/h5,14H,1-4H3. The summed E-state index contributed by atoms with van der Waals surface area (Å²) >= 11 is 5.71. The van der Waals surface area contributed by atoms with Gasteiger partial charge in [0.05, 0.1) is 10.6 Å². The lowest BCUT2D eigenvalue weighted by atomic mass is 9.91. The van der Waals surface area contributed by atoms with Crippen LogP contribution in [-0.4, -0.2) is 5.11 Å². The van der Waals surface area contributed by atoms with Gasteiger partial charge < -0.3 is 5.11 Å². The lowest BCUT2D eigenvalue weighted by molar-refractivity contribution is 0.0737. The van der Waals surface area contributed by atoms with Gasteiger partial charge in [-0.1, -0.05) is 11.6 Å². The van der Waals surface area contributed by atoms with Crippen molar-refractivity contribution in [1.29, 1.82) is 0 Å². The van der Waals surface area contributed by atoms with Crippen molar-refractivity contribution in [3.63, 3.8) is 0 Å². The van der Waals surface area contributed by atoms with Gasteiger partial charge in [0.1, 0.15) is 5.82 Å². The fourth-order valence-electron chi connectivity index (χ4n) is 1.57. The van der Waals surface area contributed by atoms with Gasteiger partial charge in [-0.2, -0.15) is 0 Å². The molecule has 1 rings (SSSR count). The first-order valence-electron chi connectivity index (χ1n) is 4.43. The summed E-state index contributed by atoms with van der Waals surface area (Å²) in [5, 5.41) is 9.86. The van der Waals surface area contributed by atoms with Crippen LogP contribution in [0.3, 0.4) is 0 Å². The number of rotatable bonds is 1. The van der Waals surface area contributed by atoms with Crippen LogP contribution in [0.1, 0.15) is 30.5 Å². The van der Waals surface area contributed by atoms with E-state index < -0.39 is 11.4 Å². The van der Waals surface area contributed by atoms with E-state index in [1.807, 2.05) is 6.92 Å². The van der Waals surface area contributed by atoms with Crippen LogP contribution in [0.2, 0.25) is 5.02 Å². The molecule has 0 amide bonds. The maximum atomic E-state index is 13.6. The number of halogens is 2. The van der Waals surface area contributed by atoms with Gasteiger partial charge >= 0.3 is 0 Å². The molecule has 0 aromatic heterocycles. The van der Waals surface area contributed by atoms with Gasteiger partial charge in [0.2, 0.25) is 0 Å². The molecule has 0 atom stereocenters. The minimum Gasteiger partial charge on any atom is -0.386 e. The van der Waals surface area contributed by atoms with Crippen LogP contribution >= 0.6 is 11.6 Å². The molecule has 0 saturated heterocycles. The van der Waals surface area contributed by atoms with E-state index in [4.69, 9.17) is 11.6 Å². The predicted molar refractivity (Wildman–Crippen MR) is 56.1 cm³/mol. The molecule has 1 aromatic carbocycles. The van der Waals surface area contributed by atoms with E-state index in [1.54, 1.807) is 26.8 Å². The number of hydrogen-bond acceptors (Lipinski definition) is 1. The Hall–Kier alpha value is -0.600. The highest BCUT2D eigenvalue weighted by Crippen LogP contribution is 2.32. The Morgan fingerprint density at radius 3 is 2.29 bits per heavy atom. The van der Waals surface area contributed by atoms with Gasteiger partial charge in [-0.15, -0.1) is 0 Å². The second kappa shape index (κ2) is 3.52. The van der Waals surface area contributed by atoms with Gasteiger partial charge in [0.15, 0.2) is 0 Å². The van der Waals surface area contributed by atoms with Crippen molar-refractivity contribution in [3.05, 3.63) is 33.6 Å². The summed E-state index contributed by atoms with van der Waals surface area (Å²) in [7, 11) is 0. The summed E-state index contributed by atoms with van der Waals surface area (Å²) in [6, 6.07) is 1.57. The summed E-state index contributed by atoms with van der Waals surface area (Å²) in [5.41, 5.74) is 0.708. The number of aliphatic hydroxyl groups is 1. The second-order valence-corrected chi connectivity index (χ2v) is 4.46. The quantitative estimate of drug-likeness (QED) is 0.764. The number of benzene rings is 1. The fourth-order valence-corrected chi connectivity index (χ4v) is 1.83. The molecule has 3 heteroatoms.